The Kier molecular flexibility index (Phi) is 8.09. The number of nitrogens with zero attached hydrogens (tertiary/aromatic N) is 5. The molecule has 0 unspecified atom stereocenters. The highest BCUT2D eigenvalue weighted by atomic mass is 16.5. The van der Waals surface area contributed by atoms with E-state index in [1.165, 1.54) is 57.5 Å². The monoisotopic (exact) mass is 548 g/mol. The van der Waals surface area contributed by atoms with E-state index < -0.39 is 5.91 Å². The molecule has 216 valence electrons. The predicted molar refractivity (Wildman–Crippen MR) is 158 cm³/mol. The highest BCUT2D eigenvalue weighted by molar-refractivity contribution is 5.96. The largest absolute Gasteiger partial charge is 0.473 e. The number of anilines is 3. The number of nitrogens with two attached hydrogens (primary N) is 1. The molecule has 0 spiro atoms. The summed E-state index contributed by atoms with van der Waals surface area (Å²) in [7, 11) is 2.21. The zero-order valence-electron chi connectivity index (χ0n) is 23.9. The number of amides is 1. The topological polar surface area (TPSA) is 112 Å². The van der Waals surface area contributed by atoms with Gasteiger partial charge >= 0.3 is 0 Å². The predicted octanol–water partition coefficient (Wildman–Crippen LogP) is 2.76. The van der Waals surface area contributed by atoms with Crippen LogP contribution in [0.25, 0.3) is 0 Å². The number of carbonyl (C=O) groups excluding carboxylic acids is 1. The third kappa shape index (κ3) is 6.04. The SMILES string of the molecule is CCc1nc(C(N)=O)c(Nc2ccc(N3CCC(N4CCN(C)CC4)CC3)cc2)nc1O[C@H]1C[C@H]2CC[C@@H](C1)N2. The van der Waals surface area contributed by atoms with Crippen LogP contribution >= 0.6 is 0 Å². The van der Waals surface area contributed by atoms with Crippen LogP contribution in [0.15, 0.2) is 24.3 Å². The van der Waals surface area contributed by atoms with Gasteiger partial charge in [0.25, 0.3) is 5.91 Å². The second-order valence-corrected chi connectivity index (χ2v) is 12.0. The first-order valence-electron chi connectivity index (χ1n) is 15.1. The van der Waals surface area contributed by atoms with Crippen LogP contribution in [0.4, 0.5) is 17.2 Å². The van der Waals surface area contributed by atoms with Crippen LogP contribution in [-0.2, 0) is 6.42 Å². The maximum atomic E-state index is 12.3. The lowest BCUT2D eigenvalue weighted by molar-refractivity contribution is 0.0982. The molecular weight excluding hydrogens is 504 g/mol. The zero-order valence-corrected chi connectivity index (χ0v) is 23.9. The molecule has 10 heteroatoms. The van der Waals surface area contributed by atoms with Gasteiger partial charge < -0.3 is 30.9 Å². The van der Waals surface area contributed by atoms with Crippen LogP contribution in [-0.4, -0.2) is 96.2 Å². The lowest BCUT2D eigenvalue weighted by Gasteiger charge is -2.42. The normalized spacial score (nSPS) is 26.1. The molecule has 1 aromatic carbocycles. The van der Waals surface area contributed by atoms with Gasteiger partial charge in [-0.15, -0.1) is 0 Å². The summed E-state index contributed by atoms with van der Waals surface area (Å²) in [6.07, 6.45) is 7.46. The Morgan fingerprint density at radius 3 is 2.30 bits per heavy atom. The quantitative estimate of drug-likeness (QED) is 0.458. The number of aromatic nitrogens is 2. The first-order chi connectivity index (χ1) is 19.4. The molecule has 5 heterocycles. The molecule has 4 fully saturated rings. The smallest absolute Gasteiger partial charge is 0.271 e. The molecule has 0 saturated carbocycles. The van der Waals surface area contributed by atoms with Crippen LogP contribution in [0.3, 0.4) is 0 Å². The maximum Gasteiger partial charge on any atom is 0.271 e. The lowest BCUT2D eigenvalue weighted by Crippen LogP contribution is -2.52. The van der Waals surface area contributed by atoms with Gasteiger partial charge in [-0.3, -0.25) is 9.69 Å². The van der Waals surface area contributed by atoms with Gasteiger partial charge in [0.05, 0.1) is 0 Å². The number of piperazine rings is 1. The van der Waals surface area contributed by atoms with E-state index in [1.807, 2.05) is 19.1 Å². The molecule has 6 rings (SSSR count). The molecule has 4 aliphatic heterocycles. The average Bonchev–Trinajstić information content (AvgIpc) is 3.31. The van der Waals surface area contributed by atoms with Gasteiger partial charge in [-0.25, -0.2) is 4.98 Å². The number of piperidine rings is 2. The number of aryl methyl sites for hydroxylation is 1. The van der Waals surface area contributed by atoms with Gasteiger partial charge in [0.1, 0.15) is 11.8 Å². The Hall–Kier alpha value is -2.95. The number of ether oxygens (including phenoxy) is 1. The van der Waals surface area contributed by atoms with Gasteiger partial charge in [0.2, 0.25) is 5.88 Å². The first kappa shape index (κ1) is 27.2. The minimum Gasteiger partial charge on any atom is -0.473 e. The van der Waals surface area contributed by atoms with Crippen molar-refractivity contribution in [1.29, 1.82) is 0 Å². The lowest BCUT2D eigenvalue weighted by atomic mass is 10.0. The summed E-state index contributed by atoms with van der Waals surface area (Å²) < 4.78 is 6.41. The summed E-state index contributed by atoms with van der Waals surface area (Å²) in [6.45, 7) is 8.84. The van der Waals surface area contributed by atoms with Crippen LogP contribution in [0.5, 0.6) is 5.88 Å². The molecule has 1 amide bonds. The van der Waals surface area contributed by atoms with Crippen molar-refractivity contribution in [1.82, 2.24) is 25.1 Å². The minimum absolute atomic E-state index is 0.102. The summed E-state index contributed by atoms with van der Waals surface area (Å²) in [6, 6.07) is 10.1. The number of nitrogens with one attached hydrogen (secondary N) is 2. The molecule has 4 N–H and O–H groups in total. The van der Waals surface area contributed by atoms with Crippen molar-refractivity contribution in [2.45, 2.75) is 76.1 Å². The molecule has 3 atom stereocenters. The Balaban J connectivity index is 1.12. The van der Waals surface area contributed by atoms with Gasteiger partial charge in [-0.1, -0.05) is 6.92 Å². The van der Waals surface area contributed by atoms with E-state index in [9.17, 15) is 4.79 Å². The number of hydrogen-bond acceptors (Lipinski definition) is 9. The highest BCUT2D eigenvalue weighted by Gasteiger charge is 2.35. The zero-order chi connectivity index (χ0) is 27.6. The van der Waals surface area contributed by atoms with E-state index in [-0.39, 0.29) is 11.8 Å². The molecule has 0 aliphatic carbocycles. The van der Waals surface area contributed by atoms with Crippen molar-refractivity contribution >= 4 is 23.1 Å². The summed E-state index contributed by atoms with van der Waals surface area (Å²) >= 11 is 0. The Bertz CT molecular complexity index is 1160. The minimum atomic E-state index is -0.601. The molecule has 4 aliphatic rings. The second kappa shape index (κ2) is 11.9. The number of primary amides is 1. The van der Waals surface area contributed by atoms with E-state index in [4.69, 9.17) is 15.5 Å². The Morgan fingerprint density at radius 1 is 1.00 bits per heavy atom. The van der Waals surface area contributed by atoms with Crippen molar-refractivity contribution in [2.24, 2.45) is 5.73 Å². The van der Waals surface area contributed by atoms with Gasteiger partial charge in [-0.05, 0) is 76.3 Å². The highest BCUT2D eigenvalue weighted by Crippen LogP contribution is 2.32. The van der Waals surface area contributed by atoms with E-state index in [0.29, 0.717) is 41.9 Å². The molecule has 0 radical (unpaired) electrons. The fourth-order valence-corrected chi connectivity index (χ4v) is 6.87. The average molecular weight is 549 g/mol. The van der Waals surface area contributed by atoms with Gasteiger partial charge in [0, 0.05) is 68.8 Å². The third-order valence-electron chi connectivity index (χ3n) is 9.22. The van der Waals surface area contributed by atoms with Crippen molar-refractivity contribution in [3.05, 3.63) is 35.7 Å². The van der Waals surface area contributed by atoms with Crippen molar-refractivity contribution in [3.63, 3.8) is 0 Å². The number of likely N-dealkylation sites (N-methyl/N-ethyl adjacent to an activating group) is 1. The third-order valence-corrected chi connectivity index (χ3v) is 9.22. The van der Waals surface area contributed by atoms with Crippen molar-refractivity contribution in [2.75, 3.05) is 56.5 Å². The van der Waals surface area contributed by atoms with E-state index in [2.05, 4.69) is 49.5 Å². The van der Waals surface area contributed by atoms with E-state index in [0.717, 1.165) is 31.6 Å². The molecule has 2 bridgehead atoms. The number of hydrogen-bond donors (Lipinski definition) is 3. The molecule has 4 saturated heterocycles. The number of benzene rings is 1. The molecule has 1 aromatic heterocycles. The van der Waals surface area contributed by atoms with E-state index in [1.54, 1.807) is 0 Å². The van der Waals surface area contributed by atoms with Gasteiger partial charge in [-0.2, -0.15) is 4.98 Å². The van der Waals surface area contributed by atoms with Crippen molar-refractivity contribution in [3.8, 4) is 5.88 Å². The Labute approximate surface area is 237 Å². The summed E-state index contributed by atoms with van der Waals surface area (Å²) in [5.74, 6) is 0.245. The second-order valence-electron chi connectivity index (χ2n) is 12.0. The van der Waals surface area contributed by atoms with Crippen LogP contribution in [0.1, 0.15) is 61.6 Å². The molecule has 2 aromatic rings. The summed E-state index contributed by atoms with van der Waals surface area (Å²) in [5, 5.41) is 6.95. The molecular formula is C30H44N8O2. The van der Waals surface area contributed by atoms with Crippen LogP contribution < -0.4 is 26.0 Å². The standard InChI is InChI=1S/C30H44N8O2/c1-3-26-30(40-25-18-21-4-5-22(19-25)32-21)35-29(27(34-26)28(31)39)33-20-6-8-23(9-7-20)37-12-10-24(11-13-37)38-16-14-36(2)15-17-38/h6-9,21-22,24-25,32H,3-5,10-19H2,1-2H3,(H2,31,39)(H,33,35)/t21-,22+,25+. The fraction of sp³-hybridized carbons (Fsp3) is 0.633. The number of fused-ring (bicyclic) bond motifs is 2. The fourth-order valence-electron chi connectivity index (χ4n) is 6.87. The summed E-state index contributed by atoms with van der Waals surface area (Å²) in [5.41, 5.74) is 8.58. The molecule has 40 heavy (non-hydrogen) atoms. The van der Waals surface area contributed by atoms with Gasteiger partial charge in [0.15, 0.2) is 11.5 Å². The number of carbonyl (C=O) groups is 1. The van der Waals surface area contributed by atoms with E-state index >= 15 is 0 Å². The maximum absolute atomic E-state index is 12.3. The summed E-state index contributed by atoms with van der Waals surface area (Å²) in [4.78, 5) is 29.2. The van der Waals surface area contributed by atoms with Crippen molar-refractivity contribution < 1.29 is 9.53 Å². The van der Waals surface area contributed by atoms with Crippen LogP contribution in [0, 0.1) is 0 Å². The molecule has 10 nitrogen and oxygen atoms in total. The first-order valence-corrected chi connectivity index (χ1v) is 15.1. The number of rotatable bonds is 8. The van der Waals surface area contributed by atoms with Crippen LogP contribution in [0.2, 0.25) is 0 Å². The Morgan fingerprint density at radius 2 is 1.68 bits per heavy atom.